The van der Waals surface area contributed by atoms with E-state index in [0.717, 1.165) is 23.1 Å². The van der Waals surface area contributed by atoms with E-state index in [1.165, 1.54) is 24.3 Å². The van der Waals surface area contributed by atoms with E-state index >= 15 is 0 Å². The van der Waals surface area contributed by atoms with Gasteiger partial charge in [-0.2, -0.15) is 0 Å². The van der Waals surface area contributed by atoms with Crippen LogP contribution in [0.1, 0.15) is 31.1 Å². The molecule has 1 aliphatic heterocycles. The fourth-order valence-electron chi connectivity index (χ4n) is 2.58. The molecule has 0 unspecified atom stereocenters. The lowest BCUT2D eigenvalue weighted by Crippen LogP contribution is -2.37. The summed E-state index contributed by atoms with van der Waals surface area (Å²) in [7, 11) is 0. The number of primary amides is 1. The molecular formula is C18H12FN3O6. The third-order valence-corrected chi connectivity index (χ3v) is 3.80. The molecule has 9 nitrogen and oxygen atoms in total. The number of carbonyl (C=O) groups excluding carboxylic acids is 5. The van der Waals surface area contributed by atoms with E-state index in [4.69, 9.17) is 10.5 Å². The fourth-order valence-corrected chi connectivity index (χ4v) is 2.58. The molecule has 0 aromatic heterocycles. The number of esters is 1. The van der Waals surface area contributed by atoms with Crippen molar-refractivity contribution in [1.82, 2.24) is 5.32 Å². The SMILES string of the molecule is NC(=O)NC(=O)COC(=O)c1ccc2c(c1)C(=O)N(c1ccc(F)cc1)C2=O. The summed E-state index contributed by atoms with van der Waals surface area (Å²) in [6, 6.07) is 7.38. The topological polar surface area (TPSA) is 136 Å². The largest absolute Gasteiger partial charge is 0.452 e. The molecule has 0 spiro atoms. The van der Waals surface area contributed by atoms with E-state index < -0.39 is 42.1 Å². The average Bonchev–Trinajstić information content (AvgIpc) is 2.90. The molecule has 1 heterocycles. The number of hydrogen-bond acceptors (Lipinski definition) is 6. The molecule has 0 bridgehead atoms. The third kappa shape index (κ3) is 3.56. The molecule has 0 atom stereocenters. The number of imide groups is 2. The first-order valence-corrected chi connectivity index (χ1v) is 7.82. The Labute approximate surface area is 156 Å². The molecule has 3 rings (SSSR count). The minimum Gasteiger partial charge on any atom is -0.452 e. The Bertz CT molecular complexity index is 1020. The second kappa shape index (κ2) is 7.27. The monoisotopic (exact) mass is 385 g/mol. The second-order valence-corrected chi connectivity index (χ2v) is 5.67. The van der Waals surface area contributed by atoms with Crippen molar-refractivity contribution in [2.24, 2.45) is 5.73 Å². The standard InChI is InChI=1S/C18H12FN3O6/c19-10-2-4-11(5-3-10)22-15(24)12-6-1-9(7-13(12)16(22)25)17(26)28-8-14(23)21-18(20)27/h1-7H,8H2,(H3,20,21,23,27). The summed E-state index contributed by atoms with van der Waals surface area (Å²) in [5, 5.41) is 1.72. The second-order valence-electron chi connectivity index (χ2n) is 5.67. The zero-order valence-electron chi connectivity index (χ0n) is 14.1. The lowest BCUT2D eigenvalue weighted by atomic mass is 10.1. The predicted molar refractivity (Wildman–Crippen MR) is 92.0 cm³/mol. The van der Waals surface area contributed by atoms with Gasteiger partial charge in [-0.15, -0.1) is 0 Å². The highest BCUT2D eigenvalue weighted by Crippen LogP contribution is 2.29. The maximum Gasteiger partial charge on any atom is 0.338 e. The Morgan fingerprint density at radius 1 is 1.00 bits per heavy atom. The van der Waals surface area contributed by atoms with Crippen LogP contribution in [0.4, 0.5) is 14.9 Å². The summed E-state index contributed by atoms with van der Waals surface area (Å²) in [5.74, 6) is -3.69. The molecular weight excluding hydrogens is 373 g/mol. The van der Waals surface area contributed by atoms with Crippen molar-refractivity contribution in [3.05, 3.63) is 65.0 Å². The van der Waals surface area contributed by atoms with E-state index in [-0.39, 0.29) is 22.4 Å². The number of fused-ring (bicyclic) bond motifs is 1. The highest BCUT2D eigenvalue weighted by molar-refractivity contribution is 6.34. The van der Waals surface area contributed by atoms with Crippen molar-refractivity contribution >= 4 is 35.4 Å². The summed E-state index contributed by atoms with van der Waals surface area (Å²) in [4.78, 5) is 59.8. The van der Waals surface area contributed by atoms with Gasteiger partial charge in [0.2, 0.25) is 0 Å². The molecule has 28 heavy (non-hydrogen) atoms. The van der Waals surface area contributed by atoms with E-state index in [9.17, 15) is 28.4 Å². The van der Waals surface area contributed by atoms with Crippen LogP contribution in [0.5, 0.6) is 0 Å². The first kappa shape index (κ1) is 18.7. The van der Waals surface area contributed by atoms with E-state index in [1.807, 2.05) is 0 Å². The van der Waals surface area contributed by atoms with Crippen LogP contribution < -0.4 is 16.0 Å². The van der Waals surface area contributed by atoms with Gasteiger partial charge in [0.15, 0.2) is 6.61 Å². The third-order valence-electron chi connectivity index (χ3n) is 3.80. The van der Waals surface area contributed by atoms with Crippen molar-refractivity contribution < 1.29 is 33.1 Å². The number of nitrogens with one attached hydrogen (secondary N) is 1. The highest BCUT2D eigenvalue weighted by atomic mass is 19.1. The molecule has 5 amide bonds. The molecule has 3 N–H and O–H groups in total. The minimum absolute atomic E-state index is 0.0367. The Morgan fingerprint density at radius 2 is 1.64 bits per heavy atom. The summed E-state index contributed by atoms with van der Waals surface area (Å²) in [6.45, 7) is -0.757. The first-order chi connectivity index (χ1) is 13.3. The summed E-state index contributed by atoms with van der Waals surface area (Å²) in [6.07, 6.45) is 0. The van der Waals surface area contributed by atoms with Crippen LogP contribution in [0.15, 0.2) is 42.5 Å². The Balaban J connectivity index is 1.79. The molecule has 0 fully saturated rings. The van der Waals surface area contributed by atoms with E-state index in [0.29, 0.717) is 0 Å². The number of ether oxygens (including phenoxy) is 1. The van der Waals surface area contributed by atoms with Gasteiger partial charge >= 0.3 is 12.0 Å². The van der Waals surface area contributed by atoms with Crippen molar-refractivity contribution in [2.75, 3.05) is 11.5 Å². The van der Waals surface area contributed by atoms with Crippen LogP contribution in [-0.4, -0.2) is 36.3 Å². The van der Waals surface area contributed by atoms with Gasteiger partial charge in [-0.25, -0.2) is 18.9 Å². The molecule has 1 aliphatic rings. The first-order valence-electron chi connectivity index (χ1n) is 7.82. The molecule has 2 aromatic rings. The number of hydrogen-bond donors (Lipinski definition) is 2. The number of nitrogens with two attached hydrogens (primary N) is 1. The number of urea groups is 1. The van der Waals surface area contributed by atoms with Crippen LogP contribution >= 0.6 is 0 Å². The number of amides is 5. The number of anilines is 1. The molecule has 0 saturated carbocycles. The minimum atomic E-state index is -1.09. The number of rotatable bonds is 4. The number of halogens is 1. The lowest BCUT2D eigenvalue weighted by Gasteiger charge is -2.13. The molecule has 0 radical (unpaired) electrons. The Hall–Kier alpha value is -4.08. The van der Waals surface area contributed by atoms with E-state index in [1.54, 1.807) is 5.32 Å². The fraction of sp³-hybridized carbons (Fsp3) is 0.0556. The molecule has 10 heteroatoms. The van der Waals surface area contributed by atoms with Gasteiger partial charge in [-0.1, -0.05) is 0 Å². The Kier molecular flexibility index (Phi) is 4.86. The van der Waals surface area contributed by atoms with Crippen LogP contribution in [0.25, 0.3) is 0 Å². The quantitative estimate of drug-likeness (QED) is 0.595. The van der Waals surface area contributed by atoms with Gasteiger partial charge in [0.05, 0.1) is 22.4 Å². The summed E-state index contributed by atoms with van der Waals surface area (Å²) in [5.41, 5.74) is 4.90. The number of benzene rings is 2. The average molecular weight is 385 g/mol. The zero-order chi connectivity index (χ0) is 20.4. The molecule has 2 aromatic carbocycles. The summed E-state index contributed by atoms with van der Waals surface area (Å²) >= 11 is 0. The predicted octanol–water partition coefficient (Wildman–Crippen LogP) is 0.978. The van der Waals surface area contributed by atoms with Gasteiger partial charge in [-0.3, -0.25) is 19.7 Å². The van der Waals surface area contributed by atoms with Crippen LogP contribution in [0.3, 0.4) is 0 Å². The number of nitrogens with zero attached hydrogens (tertiary/aromatic N) is 1. The van der Waals surface area contributed by atoms with Gasteiger partial charge in [0.1, 0.15) is 5.82 Å². The number of carbonyl (C=O) groups is 5. The van der Waals surface area contributed by atoms with Gasteiger partial charge in [-0.05, 0) is 42.5 Å². The van der Waals surface area contributed by atoms with Crippen LogP contribution in [0.2, 0.25) is 0 Å². The van der Waals surface area contributed by atoms with Crippen molar-refractivity contribution in [1.29, 1.82) is 0 Å². The van der Waals surface area contributed by atoms with Gasteiger partial charge in [0, 0.05) is 0 Å². The maximum absolute atomic E-state index is 13.1. The van der Waals surface area contributed by atoms with Crippen LogP contribution in [0, 0.1) is 5.82 Å². The smallest absolute Gasteiger partial charge is 0.338 e. The van der Waals surface area contributed by atoms with Crippen molar-refractivity contribution in [3.63, 3.8) is 0 Å². The molecule has 142 valence electrons. The van der Waals surface area contributed by atoms with Crippen molar-refractivity contribution in [2.45, 2.75) is 0 Å². The normalized spacial score (nSPS) is 12.5. The van der Waals surface area contributed by atoms with Gasteiger partial charge < -0.3 is 10.5 Å². The zero-order valence-corrected chi connectivity index (χ0v) is 14.1. The van der Waals surface area contributed by atoms with Crippen LogP contribution in [-0.2, 0) is 9.53 Å². The molecule has 0 saturated heterocycles. The van der Waals surface area contributed by atoms with E-state index in [2.05, 4.69) is 0 Å². The molecule has 0 aliphatic carbocycles. The summed E-state index contributed by atoms with van der Waals surface area (Å²) < 4.78 is 17.8. The maximum atomic E-state index is 13.1. The Morgan fingerprint density at radius 3 is 2.29 bits per heavy atom. The van der Waals surface area contributed by atoms with Gasteiger partial charge in [0.25, 0.3) is 17.7 Å². The highest BCUT2D eigenvalue weighted by Gasteiger charge is 2.37. The lowest BCUT2D eigenvalue weighted by molar-refractivity contribution is -0.123. The van der Waals surface area contributed by atoms with Crippen molar-refractivity contribution in [3.8, 4) is 0 Å².